The molecule has 0 fully saturated rings. The number of aromatic nitrogens is 4. The molecule has 2 heterocycles. The molecule has 0 saturated carbocycles. The first kappa shape index (κ1) is 21.2. The van der Waals surface area contributed by atoms with Crippen molar-refractivity contribution in [3.05, 3.63) is 75.8 Å². The largest absolute Gasteiger partial charge is 0.395 e. The van der Waals surface area contributed by atoms with Crippen LogP contribution in [-0.4, -0.2) is 41.8 Å². The van der Waals surface area contributed by atoms with Crippen molar-refractivity contribution in [2.75, 3.05) is 6.61 Å². The molecule has 31 heavy (non-hydrogen) atoms. The Morgan fingerprint density at radius 2 is 1.81 bits per heavy atom. The number of aryl methyl sites for hydroxylation is 2. The molecule has 2 aromatic carbocycles. The zero-order valence-corrected chi connectivity index (χ0v) is 18.5. The fraction of sp³-hybridized carbons (Fsp3) is 0.375. The van der Waals surface area contributed by atoms with Crippen LogP contribution in [0, 0.1) is 12.8 Å². The molecular weight excluding hydrogens is 390 g/mol. The van der Waals surface area contributed by atoms with E-state index >= 15 is 0 Å². The van der Waals surface area contributed by atoms with Crippen LogP contribution in [0.25, 0.3) is 16.7 Å². The van der Waals surface area contributed by atoms with Crippen LogP contribution < -0.4 is 5.56 Å². The van der Waals surface area contributed by atoms with E-state index in [0.29, 0.717) is 24.3 Å². The Hall–Kier alpha value is -3.03. The summed E-state index contributed by atoms with van der Waals surface area (Å²) in [6.07, 6.45) is 0. The summed E-state index contributed by atoms with van der Waals surface area (Å²) in [5, 5.41) is 19.6. The first-order valence-corrected chi connectivity index (χ1v) is 10.6. The summed E-state index contributed by atoms with van der Waals surface area (Å²) in [5.74, 6) is 1.52. The molecule has 162 valence electrons. The predicted molar refractivity (Wildman–Crippen MR) is 122 cm³/mol. The third-order valence-electron chi connectivity index (χ3n) is 5.94. The van der Waals surface area contributed by atoms with Crippen LogP contribution in [0.3, 0.4) is 0 Å². The lowest BCUT2D eigenvalue weighted by Crippen LogP contribution is -2.41. The minimum Gasteiger partial charge on any atom is -0.395 e. The van der Waals surface area contributed by atoms with Gasteiger partial charge in [0.05, 0.1) is 24.1 Å². The zero-order valence-electron chi connectivity index (χ0n) is 18.5. The van der Waals surface area contributed by atoms with Crippen molar-refractivity contribution in [1.82, 2.24) is 24.1 Å². The molecule has 0 spiro atoms. The van der Waals surface area contributed by atoms with Gasteiger partial charge in [-0.1, -0.05) is 55.8 Å². The topological polar surface area (TPSA) is 75.7 Å². The molecule has 0 saturated heterocycles. The molecule has 4 rings (SSSR count). The first-order chi connectivity index (χ1) is 14.9. The highest BCUT2D eigenvalue weighted by Gasteiger charge is 2.24. The number of benzene rings is 2. The molecule has 0 bridgehead atoms. The second kappa shape index (κ2) is 8.61. The number of rotatable bonds is 7. The van der Waals surface area contributed by atoms with E-state index < -0.39 is 0 Å². The number of hydrogen-bond acceptors (Lipinski definition) is 5. The van der Waals surface area contributed by atoms with Crippen LogP contribution in [0.2, 0.25) is 0 Å². The smallest absolute Gasteiger partial charge is 0.262 e. The summed E-state index contributed by atoms with van der Waals surface area (Å²) < 4.78 is 3.51. The molecule has 7 heteroatoms. The van der Waals surface area contributed by atoms with Crippen LogP contribution in [0.5, 0.6) is 0 Å². The fourth-order valence-electron chi connectivity index (χ4n) is 4.20. The minimum absolute atomic E-state index is 0.0337. The number of fused-ring (bicyclic) bond motifs is 3. The Balaban J connectivity index is 1.84. The number of nitrogens with zero attached hydrogens (tertiary/aromatic N) is 5. The van der Waals surface area contributed by atoms with Crippen molar-refractivity contribution in [3.63, 3.8) is 0 Å². The molecule has 0 aliphatic rings. The third-order valence-corrected chi connectivity index (χ3v) is 5.94. The Kier molecular flexibility index (Phi) is 5.89. The van der Waals surface area contributed by atoms with E-state index in [9.17, 15) is 9.90 Å². The van der Waals surface area contributed by atoms with Crippen LogP contribution >= 0.6 is 0 Å². The van der Waals surface area contributed by atoms with Crippen molar-refractivity contribution in [3.8, 4) is 0 Å². The van der Waals surface area contributed by atoms with Gasteiger partial charge in [0.15, 0.2) is 5.82 Å². The van der Waals surface area contributed by atoms with Gasteiger partial charge in [0.1, 0.15) is 0 Å². The molecule has 1 atom stereocenters. The first-order valence-electron chi connectivity index (χ1n) is 10.6. The number of aliphatic hydroxyl groups excluding tert-OH is 1. The van der Waals surface area contributed by atoms with Gasteiger partial charge in [-0.05, 0) is 30.5 Å². The van der Waals surface area contributed by atoms with Crippen molar-refractivity contribution in [1.29, 1.82) is 0 Å². The summed E-state index contributed by atoms with van der Waals surface area (Å²) in [6.45, 7) is 7.44. The lowest BCUT2D eigenvalue weighted by Gasteiger charge is -2.32. The van der Waals surface area contributed by atoms with Gasteiger partial charge in [0.2, 0.25) is 5.78 Å². The third kappa shape index (κ3) is 3.98. The summed E-state index contributed by atoms with van der Waals surface area (Å²) >= 11 is 0. The highest BCUT2D eigenvalue weighted by Crippen LogP contribution is 2.21. The van der Waals surface area contributed by atoms with E-state index in [1.54, 1.807) is 11.6 Å². The van der Waals surface area contributed by atoms with Crippen LogP contribution in [0.4, 0.5) is 0 Å². The molecule has 0 aliphatic carbocycles. The van der Waals surface area contributed by atoms with Gasteiger partial charge < -0.3 is 5.11 Å². The standard InChI is InChI=1S/C24H29N5O2/c1-16(2)21(15-30)28(13-18-8-6-5-7-9-18)14-22-25-26-24-27(4)23(31)19-12-17(3)10-11-20(19)29(22)24/h5-12,16,21,30H,13-15H2,1-4H3. The number of aliphatic hydroxyl groups is 1. The normalized spacial score (nSPS) is 13.0. The van der Waals surface area contributed by atoms with Gasteiger partial charge in [-0.2, -0.15) is 0 Å². The minimum atomic E-state index is -0.0818. The maximum Gasteiger partial charge on any atom is 0.262 e. The van der Waals surface area contributed by atoms with Crippen LogP contribution in [0.15, 0.2) is 53.3 Å². The van der Waals surface area contributed by atoms with Crippen LogP contribution in [0.1, 0.15) is 30.8 Å². The van der Waals surface area contributed by atoms with Crippen molar-refractivity contribution in [2.24, 2.45) is 13.0 Å². The zero-order chi connectivity index (χ0) is 22.1. The summed E-state index contributed by atoms with van der Waals surface area (Å²) in [7, 11) is 1.73. The van der Waals surface area contributed by atoms with E-state index in [-0.39, 0.29) is 24.1 Å². The van der Waals surface area contributed by atoms with Crippen molar-refractivity contribution < 1.29 is 5.11 Å². The molecule has 2 aromatic heterocycles. The van der Waals surface area contributed by atoms with Crippen molar-refractivity contribution >= 4 is 16.7 Å². The van der Waals surface area contributed by atoms with Gasteiger partial charge in [-0.15, -0.1) is 10.2 Å². The van der Waals surface area contributed by atoms with E-state index in [2.05, 4.69) is 41.1 Å². The highest BCUT2D eigenvalue weighted by molar-refractivity contribution is 5.81. The molecule has 0 radical (unpaired) electrons. The Labute approximate surface area is 181 Å². The van der Waals surface area contributed by atoms with E-state index in [0.717, 1.165) is 16.9 Å². The monoisotopic (exact) mass is 419 g/mol. The van der Waals surface area contributed by atoms with Crippen LogP contribution in [-0.2, 0) is 20.1 Å². The average molecular weight is 420 g/mol. The second-order valence-electron chi connectivity index (χ2n) is 8.52. The molecule has 4 aromatic rings. The average Bonchev–Trinajstić information content (AvgIpc) is 3.16. The lowest BCUT2D eigenvalue weighted by atomic mass is 10.0. The maximum atomic E-state index is 12.8. The summed E-state index contributed by atoms with van der Waals surface area (Å²) in [6, 6.07) is 16.1. The van der Waals surface area contributed by atoms with E-state index in [1.807, 2.05) is 47.7 Å². The van der Waals surface area contributed by atoms with Gasteiger partial charge >= 0.3 is 0 Å². The molecular formula is C24H29N5O2. The maximum absolute atomic E-state index is 12.8. The molecule has 1 unspecified atom stereocenters. The van der Waals surface area contributed by atoms with Gasteiger partial charge in [-0.25, -0.2) is 0 Å². The molecule has 7 nitrogen and oxygen atoms in total. The van der Waals surface area contributed by atoms with Gasteiger partial charge in [0.25, 0.3) is 5.56 Å². The second-order valence-corrected chi connectivity index (χ2v) is 8.52. The fourth-order valence-corrected chi connectivity index (χ4v) is 4.20. The van der Waals surface area contributed by atoms with Gasteiger partial charge in [0, 0.05) is 19.6 Å². The Morgan fingerprint density at radius 3 is 2.48 bits per heavy atom. The Bertz CT molecular complexity index is 1260. The summed E-state index contributed by atoms with van der Waals surface area (Å²) in [4.78, 5) is 15.1. The Morgan fingerprint density at radius 1 is 1.06 bits per heavy atom. The number of hydrogen-bond donors (Lipinski definition) is 1. The lowest BCUT2D eigenvalue weighted by molar-refractivity contribution is 0.0761. The quantitative estimate of drug-likeness (QED) is 0.499. The van der Waals surface area contributed by atoms with Crippen molar-refractivity contribution in [2.45, 2.75) is 39.9 Å². The molecule has 0 amide bonds. The van der Waals surface area contributed by atoms with E-state index in [1.165, 1.54) is 5.56 Å². The highest BCUT2D eigenvalue weighted by atomic mass is 16.3. The predicted octanol–water partition coefficient (Wildman–Crippen LogP) is 2.91. The summed E-state index contributed by atoms with van der Waals surface area (Å²) in [5.41, 5.74) is 2.92. The van der Waals surface area contributed by atoms with Gasteiger partial charge in [-0.3, -0.25) is 18.7 Å². The molecule has 1 N–H and O–H groups in total. The molecule has 0 aliphatic heterocycles. The SMILES string of the molecule is Cc1ccc2c(c1)c(=O)n(C)c1nnc(CN(Cc3ccccc3)C(CO)C(C)C)n21. The van der Waals surface area contributed by atoms with E-state index in [4.69, 9.17) is 0 Å².